The number of ether oxygens (including phenoxy) is 2. The van der Waals surface area contributed by atoms with E-state index in [9.17, 15) is 9.00 Å². The van der Waals surface area contributed by atoms with Crippen LogP contribution in [0.15, 0.2) is 36.4 Å². The number of nitrogens with one attached hydrogen (secondary N) is 1. The van der Waals surface area contributed by atoms with Crippen LogP contribution in [0.4, 0.5) is 0 Å². The van der Waals surface area contributed by atoms with Crippen molar-refractivity contribution in [1.29, 1.82) is 0 Å². The van der Waals surface area contributed by atoms with Crippen molar-refractivity contribution in [2.24, 2.45) is 0 Å². The van der Waals surface area contributed by atoms with Crippen molar-refractivity contribution in [1.82, 2.24) is 4.72 Å². The van der Waals surface area contributed by atoms with E-state index in [1.165, 1.54) is 0 Å². The zero-order valence-corrected chi connectivity index (χ0v) is 16.1. The molecule has 0 amide bonds. The molecule has 0 aromatic heterocycles. The second kappa shape index (κ2) is 7.97. The number of carbonyl (C=O) groups excluding carboxylic acids is 1. The highest BCUT2D eigenvalue weighted by Gasteiger charge is 2.32. The molecule has 0 heterocycles. The molecule has 0 spiro atoms. The minimum absolute atomic E-state index is 0.242. The molecular weight excluding hydrogens is 338 g/mol. The molecule has 0 bridgehead atoms. The highest BCUT2D eigenvalue weighted by molar-refractivity contribution is 7.84. The molecule has 0 aliphatic heterocycles. The fourth-order valence-electron chi connectivity index (χ4n) is 2.49. The van der Waals surface area contributed by atoms with Crippen LogP contribution in [-0.2, 0) is 20.5 Å². The topological polar surface area (TPSA) is 64.6 Å². The van der Waals surface area contributed by atoms with E-state index >= 15 is 0 Å². The molecule has 5 nitrogen and oxygen atoms in total. The van der Waals surface area contributed by atoms with Gasteiger partial charge in [0, 0.05) is 5.56 Å². The number of esters is 1. The standard InChI is InChI=1S/C19H25NO4S/c1-6-24-18(21)17(20-25(22)19(2,3)4)16-14-10-8-7-9-13(14)11-12-15(16)23-5/h7-12,17,20H,6H2,1-5H3/t17-,25-/m1/s1. The first kappa shape index (κ1) is 19.4. The molecule has 2 aromatic carbocycles. The van der Waals surface area contributed by atoms with Gasteiger partial charge in [0.05, 0.1) is 29.4 Å². The third-order valence-electron chi connectivity index (χ3n) is 3.74. The van der Waals surface area contributed by atoms with E-state index in [1.807, 2.05) is 57.2 Å². The quantitative estimate of drug-likeness (QED) is 0.798. The van der Waals surface area contributed by atoms with Gasteiger partial charge in [-0.1, -0.05) is 30.3 Å². The Morgan fingerprint density at radius 3 is 2.48 bits per heavy atom. The number of carbonyl (C=O) groups is 1. The summed E-state index contributed by atoms with van der Waals surface area (Å²) < 4.78 is 25.8. The van der Waals surface area contributed by atoms with E-state index in [2.05, 4.69) is 4.72 Å². The summed E-state index contributed by atoms with van der Waals surface area (Å²) >= 11 is 0. The van der Waals surface area contributed by atoms with Gasteiger partial charge >= 0.3 is 5.97 Å². The summed E-state index contributed by atoms with van der Waals surface area (Å²) in [5, 5.41) is 1.83. The zero-order chi connectivity index (χ0) is 18.6. The Morgan fingerprint density at radius 2 is 1.88 bits per heavy atom. The summed E-state index contributed by atoms with van der Waals surface area (Å²) in [5.74, 6) is 0.0740. The van der Waals surface area contributed by atoms with E-state index in [-0.39, 0.29) is 6.61 Å². The molecule has 0 aliphatic rings. The Bertz CT molecular complexity index is 783. The van der Waals surface area contributed by atoms with Gasteiger partial charge in [-0.15, -0.1) is 0 Å². The first-order chi connectivity index (χ1) is 11.8. The molecule has 25 heavy (non-hydrogen) atoms. The maximum absolute atomic E-state index is 12.6. The smallest absolute Gasteiger partial charge is 0.328 e. The highest BCUT2D eigenvalue weighted by atomic mass is 32.2. The molecule has 2 rings (SSSR count). The number of hydrogen-bond acceptors (Lipinski definition) is 4. The second-order valence-electron chi connectivity index (χ2n) is 6.59. The van der Waals surface area contributed by atoms with E-state index in [0.717, 1.165) is 10.8 Å². The van der Waals surface area contributed by atoms with Gasteiger partial charge in [0.2, 0.25) is 0 Å². The minimum atomic E-state index is -1.45. The number of hydrogen-bond donors (Lipinski definition) is 1. The van der Waals surface area contributed by atoms with E-state index in [4.69, 9.17) is 9.47 Å². The third-order valence-corrected chi connectivity index (χ3v) is 5.30. The lowest BCUT2D eigenvalue weighted by Crippen LogP contribution is -2.39. The molecule has 0 unspecified atom stereocenters. The van der Waals surface area contributed by atoms with E-state index < -0.39 is 27.7 Å². The fraction of sp³-hybridized carbons (Fsp3) is 0.421. The van der Waals surface area contributed by atoms with E-state index in [0.29, 0.717) is 11.3 Å². The number of benzene rings is 2. The molecular formula is C19H25NO4S. The average molecular weight is 363 g/mol. The largest absolute Gasteiger partial charge is 0.496 e. The van der Waals surface area contributed by atoms with Crippen molar-refractivity contribution < 1.29 is 18.5 Å². The van der Waals surface area contributed by atoms with Crippen LogP contribution >= 0.6 is 0 Å². The summed E-state index contributed by atoms with van der Waals surface area (Å²) in [6.45, 7) is 7.53. The van der Waals surface area contributed by atoms with Gasteiger partial charge in [-0.05, 0) is 44.5 Å². The Hall–Kier alpha value is -1.92. The van der Waals surface area contributed by atoms with Gasteiger partial charge in [0.15, 0.2) is 0 Å². The Balaban J connectivity index is 2.62. The first-order valence-electron chi connectivity index (χ1n) is 8.20. The van der Waals surface area contributed by atoms with Crippen LogP contribution in [0.25, 0.3) is 10.8 Å². The van der Waals surface area contributed by atoms with Crippen LogP contribution in [0.1, 0.15) is 39.3 Å². The Labute approximate surface area is 151 Å². The van der Waals surface area contributed by atoms with Gasteiger partial charge in [-0.25, -0.2) is 13.7 Å². The van der Waals surface area contributed by atoms with E-state index in [1.54, 1.807) is 14.0 Å². The number of fused-ring (bicyclic) bond motifs is 1. The van der Waals surface area contributed by atoms with Gasteiger partial charge in [-0.3, -0.25) is 0 Å². The van der Waals surface area contributed by atoms with Crippen molar-refractivity contribution in [3.63, 3.8) is 0 Å². The van der Waals surface area contributed by atoms with Crippen LogP contribution in [0.3, 0.4) is 0 Å². The Morgan fingerprint density at radius 1 is 1.20 bits per heavy atom. The lowest BCUT2D eigenvalue weighted by Gasteiger charge is -2.25. The summed E-state index contributed by atoms with van der Waals surface area (Å²) in [7, 11) is 0.101. The minimum Gasteiger partial charge on any atom is -0.496 e. The molecule has 2 aromatic rings. The second-order valence-corrected chi connectivity index (χ2v) is 8.58. The Kier molecular flexibility index (Phi) is 6.19. The molecule has 6 heteroatoms. The maximum Gasteiger partial charge on any atom is 0.328 e. The molecule has 136 valence electrons. The summed E-state index contributed by atoms with van der Waals surface area (Å²) in [6.07, 6.45) is 0. The van der Waals surface area contributed by atoms with Crippen LogP contribution in [0.5, 0.6) is 5.75 Å². The SMILES string of the molecule is CCOC(=O)[C@H](N[S@](=O)C(C)(C)C)c1c(OC)ccc2ccccc12. The van der Waals surface area contributed by atoms with Crippen molar-refractivity contribution in [2.75, 3.05) is 13.7 Å². The van der Waals surface area contributed by atoms with Crippen LogP contribution < -0.4 is 9.46 Å². The maximum atomic E-state index is 12.6. The molecule has 0 saturated heterocycles. The van der Waals surface area contributed by atoms with Crippen molar-refractivity contribution in [2.45, 2.75) is 38.5 Å². The molecule has 2 atom stereocenters. The fourth-order valence-corrected chi connectivity index (χ4v) is 3.27. The summed E-state index contributed by atoms with van der Waals surface area (Å²) in [6, 6.07) is 10.6. The van der Waals surface area contributed by atoms with Crippen molar-refractivity contribution >= 4 is 27.7 Å². The van der Waals surface area contributed by atoms with Crippen LogP contribution in [-0.4, -0.2) is 28.6 Å². The predicted molar refractivity (Wildman–Crippen MR) is 101 cm³/mol. The van der Waals surface area contributed by atoms with Crippen LogP contribution in [0, 0.1) is 0 Å². The summed E-state index contributed by atoms with van der Waals surface area (Å²) in [5.41, 5.74) is 0.636. The van der Waals surface area contributed by atoms with Gasteiger partial charge in [0.1, 0.15) is 11.8 Å². The number of rotatable bonds is 6. The summed E-state index contributed by atoms with van der Waals surface area (Å²) in [4.78, 5) is 12.6. The first-order valence-corrected chi connectivity index (χ1v) is 9.35. The van der Waals surface area contributed by atoms with Crippen molar-refractivity contribution in [3.05, 3.63) is 42.0 Å². The molecule has 0 radical (unpaired) electrons. The lowest BCUT2D eigenvalue weighted by atomic mass is 9.98. The monoisotopic (exact) mass is 363 g/mol. The number of methoxy groups -OCH3 is 1. The lowest BCUT2D eigenvalue weighted by molar-refractivity contribution is -0.145. The molecule has 0 saturated carbocycles. The van der Waals surface area contributed by atoms with Crippen molar-refractivity contribution in [3.8, 4) is 5.75 Å². The third kappa shape index (κ3) is 4.38. The highest BCUT2D eigenvalue weighted by Crippen LogP contribution is 2.34. The predicted octanol–water partition coefficient (Wildman–Crippen LogP) is 3.50. The van der Waals surface area contributed by atoms with Gasteiger partial charge in [0.25, 0.3) is 0 Å². The zero-order valence-electron chi connectivity index (χ0n) is 15.3. The van der Waals surface area contributed by atoms with Gasteiger partial charge < -0.3 is 9.47 Å². The van der Waals surface area contributed by atoms with Gasteiger partial charge in [-0.2, -0.15) is 0 Å². The molecule has 1 N–H and O–H groups in total. The normalized spacial score (nSPS) is 14.1. The molecule has 0 fully saturated rings. The average Bonchev–Trinajstić information content (AvgIpc) is 2.58. The molecule has 0 aliphatic carbocycles. The van der Waals surface area contributed by atoms with Crippen LogP contribution in [0.2, 0.25) is 0 Å².